The first-order valence-electron chi connectivity index (χ1n) is 5.62. The number of nitrogens with one attached hydrogen (secondary N) is 2. The van der Waals surface area contributed by atoms with Crippen LogP contribution in [0.4, 0.5) is 5.13 Å². The molecule has 0 atom stereocenters. The highest BCUT2D eigenvalue weighted by atomic mass is 127. The van der Waals surface area contributed by atoms with Crippen molar-refractivity contribution in [2.75, 3.05) is 26.0 Å². The van der Waals surface area contributed by atoms with E-state index < -0.39 is 0 Å². The van der Waals surface area contributed by atoms with Gasteiger partial charge in [0, 0.05) is 32.6 Å². The van der Waals surface area contributed by atoms with Crippen LogP contribution < -0.4 is 15.5 Å². The fraction of sp³-hybridized carbons (Fsp3) is 0.636. The smallest absolute Gasteiger partial charge is 0.191 e. The van der Waals surface area contributed by atoms with Crippen LogP contribution in [0.3, 0.4) is 0 Å². The van der Waals surface area contributed by atoms with Crippen molar-refractivity contribution in [2.45, 2.75) is 26.4 Å². The summed E-state index contributed by atoms with van der Waals surface area (Å²) in [5, 5.41) is 9.55. The second-order valence-corrected chi connectivity index (χ2v) is 5.08. The number of thiazole rings is 1. The van der Waals surface area contributed by atoms with Gasteiger partial charge in [-0.25, -0.2) is 4.98 Å². The summed E-state index contributed by atoms with van der Waals surface area (Å²) in [4.78, 5) is 10.6. The van der Waals surface area contributed by atoms with Crippen molar-refractivity contribution in [1.29, 1.82) is 0 Å². The van der Waals surface area contributed by atoms with Gasteiger partial charge in [-0.05, 0) is 13.8 Å². The molecule has 0 aliphatic rings. The molecule has 0 spiro atoms. The number of hydrogen-bond acceptors (Lipinski definition) is 4. The van der Waals surface area contributed by atoms with E-state index in [-0.39, 0.29) is 24.0 Å². The summed E-state index contributed by atoms with van der Waals surface area (Å²) in [5.41, 5.74) is 1.03. The SMILES string of the molecule is CN=C(NCc1csc(N(C)C)n1)NC(C)C.I. The highest BCUT2D eigenvalue weighted by molar-refractivity contribution is 14.0. The standard InChI is InChI=1S/C11H21N5S.HI/c1-8(2)14-10(12-3)13-6-9-7-17-11(15-9)16(4)5;/h7-8H,6H2,1-5H3,(H2,12,13,14);1H. The van der Waals surface area contributed by atoms with Gasteiger partial charge in [0.05, 0.1) is 12.2 Å². The first-order valence-corrected chi connectivity index (χ1v) is 6.49. The Morgan fingerprint density at radius 1 is 1.50 bits per heavy atom. The molecular formula is C11H22IN5S. The van der Waals surface area contributed by atoms with Crippen molar-refractivity contribution >= 4 is 46.4 Å². The molecule has 1 aromatic heterocycles. The second kappa shape index (κ2) is 8.52. The molecule has 1 aromatic rings. The van der Waals surface area contributed by atoms with Gasteiger partial charge in [0.15, 0.2) is 11.1 Å². The summed E-state index contributed by atoms with van der Waals surface area (Å²) in [6.07, 6.45) is 0. The van der Waals surface area contributed by atoms with Crippen molar-refractivity contribution in [1.82, 2.24) is 15.6 Å². The fourth-order valence-electron chi connectivity index (χ4n) is 1.23. The van der Waals surface area contributed by atoms with E-state index in [2.05, 4.69) is 39.8 Å². The molecule has 1 rings (SSSR count). The van der Waals surface area contributed by atoms with Gasteiger partial charge in [-0.1, -0.05) is 0 Å². The van der Waals surface area contributed by atoms with Crippen molar-refractivity contribution in [2.24, 2.45) is 4.99 Å². The predicted octanol–water partition coefficient (Wildman–Crippen LogP) is 1.90. The minimum absolute atomic E-state index is 0. The van der Waals surface area contributed by atoms with Gasteiger partial charge in [-0.2, -0.15) is 0 Å². The summed E-state index contributed by atoms with van der Waals surface area (Å²) in [5.74, 6) is 0.805. The van der Waals surface area contributed by atoms with E-state index in [9.17, 15) is 0 Å². The lowest BCUT2D eigenvalue weighted by atomic mass is 10.4. The minimum atomic E-state index is 0. The molecule has 0 aliphatic carbocycles. The Labute approximate surface area is 130 Å². The molecule has 0 amide bonds. The molecule has 0 unspecified atom stereocenters. The molecule has 5 nitrogen and oxygen atoms in total. The molecule has 0 radical (unpaired) electrons. The molecule has 7 heteroatoms. The van der Waals surface area contributed by atoms with Gasteiger partial charge in [0.25, 0.3) is 0 Å². The number of hydrogen-bond donors (Lipinski definition) is 2. The number of nitrogens with zero attached hydrogens (tertiary/aromatic N) is 3. The maximum Gasteiger partial charge on any atom is 0.191 e. The van der Waals surface area contributed by atoms with Crippen molar-refractivity contribution < 1.29 is 0 Å². The van der Waals surface area contributed by atoms with E-state index in [1.54, 1.807) is 18.4 Å². The average molecular weight is 383 g/mol. The van der Waals surface area contributed by atoms with Crippen LogP contribution in [-0.4, -0.2) is 38.1 Å². The molecule has 0 bridgehead atoms. The van der Waals surface area contributed by atoms with Crippen molar-refractivity contribution in [3.05, 3.63) is 11.1 Å². The van der Waals surface area contributed by atoms with Gasteiger partial charge in [-0.15, -0.1) is 35.3 Å². The number of anilines is 1. The van der Waals surface area contributed by atoms with E-state index >= 15 is 0 Å². The Morgan fingerprint density at radius 2 is 2.17 bits per heavy atom. The lowest BCUT2D eigenvalue weighted by Crippen LogP contribution is -2.40. The number of halogens is 1. The topological polar surface area (TPSA) is 52.6 Å². The molecule has 0 saturated carbocycles. The second-order valence-electron chi connectivity index (χ2n) is 4.24. The van der Waals surface area contributed by atoms with Crippen LogP contribution in [0, 0.1) is 0 Å². The Kier molecular flexibility index (Phi) is 8.25. The predicted molar refractivity (Wildman–Crippen MR) is 90.3 cm³/mol. The molecule has 0 saturated heterocycles. The molecule has 104 valence electrons. The zero-order valence-electron chi connectivity index (χ0n) is 11.5. The van der Waals surface area contributed by atoms with Gasteiger partial charge >= 0.3 is 0 Å². The van der Waals surface area contributed by atoms with Crippen LogP contribution in [-0.2, 0) is 6.54 Å². The summed E-state index contributed by atoms with van der Waals surface area (Å²) < 4.78 is 0. The summed E-state index contributed by atoms with van der Waals surface area (Å²) in [6.45, 7) is 4.86. The van der Waals surface area contributed by atoms with E-state index in [0.29, 0.717) is 12.6 Å². The lowest BCUT2D eigenvalue weighted by molar-refractivity contribution is 0.697. The maximum atomic E-state index is 4.49. The third-order valence-electron chi connectivity index (χ3n) is 2.01. The summed E-state index contributed by atoms with van der Waals surface area (Å²) >= 11 is 1.65. The van der Waals surface area contributed by atoms with E-state index in [4.69, 9.17) is 0 Å². The third kappa shape index (κ3) is 5.85. The molecule has 0 aromatic carbocycles. The molecule has 2 N–H and O–H groups in total. The Bertz CT molecular complexity index is 375. The van der Waals surface area contributed by atoms with Crippen LogP contribution in [0.25, 0.3) is 0 Å². The number of aliphatic imine (C=N–C) groups is 1. The first kappa shape index (κ1) is 17.4. The zero-order valence-corrected chi connectivity index (χ0v) is 14.7. The van der Waals surface area contributed by atoms with Gasteiger partial charge in [0.2, 0.25) is 0 Å². The highest BCUT2D eigenvalue weighted by Gasteiger charge is 2.05. The lowest BCUT2D eigenvalue weighted by Gasteiger charge is -2.13. The Balaban J connectivity index is 0.00000289. The van der Waals surface area contributed by atoms with Gasteiger partial charge < -0.3 is 15.5 Å². The quantitative estimate of drug-likeness (QED) is 0.474. The normalized spacial score (nSPS) is 11.1. The molecule has 0 aliphatic heterocycles. The van der Waals surface area contributed by atoms with E-state index in [1.807, 2.05) is 19.0 Å². The Morgan fingerprint density at radius 3 is 2.61 bits per heavy atom. The van der Waals surface area contributed by atoms with Gasteiger partial charge in [0.1, 0.15) is 0 Å². The van der Waals surface area contributed by atoms with Crippen LogP contribution in [0.15, 0.2) is 10.4 Å². The van der Waals surface area contributed by atoms with Crippen molar-refractivity contribution in [3.8, 4) is 0 Å². The van der Waals surface area contributed by atoms with Crippen LogP contribution in [0.1, 0.15) is 19.5 Å². The molecule has 0 fully saturated rings. The first-order chi connectivity index (χ1) is 8.02. The molecule has 18 heavy (non-hydrogen) atoms. The fourth-order valence-corrected chi connectivity index (χ4v) is 1.98. The largest absolute Gasteiger partial charge is 0.354 e. The van der Waals surface area contributed by atoms with E-state index in [1.165, 1.54) is 0 Å². The third-order valence-corrected chi connectivity index (χ3v) is 3.07. The maximum absolute atomic E-state index is 4.49. The minimum Gasteiger partial charge on any atom is -0.354 e. The van der Waals surface area contributed by atoms with Crippen LogP contribution >= 0.6 is 35.3 Å². The number of rotatable bonds is 4. The molecule has 1 heterocycles. The highest BCUT2D eigenvalue weighted by Crippen LogP contribution is 2.17. The number of guanidine groups is 1. The monoisotopic (exact) mass is 383 g/mol. The Hall–Kier alpha value is -0.570. The molecular weight excluding hydrogens is 361 g/mol. The van der Waals surface area contributed by atoms with E-state index in [0.717, 1.165) is 16.8 Å². The van der Waals surface area contributed by atoms with Crippen LogP contribution in [0.2, 0.25) is 0 Å². The zero-order chi connectivity index (χ0) is 12.8. The number of aromatic nitrogens is 1. The summed E-state index contributed by atoms with van der Waals surface area (Å²) in [6, 6.07) is 0.369. The average Bonchev–Trinajstić information content (AvgIpc) is 2.72. The van der Waals surface area contributed by atoms with Crippen molar-refractivity contribution in [3.63, 3.8) is 0 Å². The summed E-state index contributed by atoms with van der Waals surface area (Å²) in [7, 11) is 5.76. The van der Waals surface area contributed by atoms with Gasteiger partial charge in [-0.3, -0.25) is 4.99 Å². The van der Waals surface area contributed by atoms with Crippen LogP contribution in [0.5, 0.6) is 0 Å².